The van der Waals surface area contributed by atoms with E-state index in [0.717, 1.165) is 12.5 Å². The van der Waals surface area contributed by atoms with Gasteiger partial charge in [-0.05, 0) is 55.5 Å². The minimum Gasteiger partial charge on any atom is -0.378 e. The van der Waals surface area contributed by atoms with Crippen LogP contribution >= 0.6 is 35.3 Å². The molecule has 0 saturated carbocycles. The molecule has 0 saturated heterocycles. The van der Waals surface area contributed by atoms with Gasteiger partial charge in [0.1, 0.15) is 0 Å². The Hall–Kier alpha value is -1.28. The van der Waals surface area contributed by atoms with Crippen molar-refractivity contribution in [2.45, 2.75) is 33.4 Å². The number of aryl methyl sites for hydroxylation is 1. The molecule has 25 heavy (non-hydrogen) atoms. The van der Waals surface area contributed by atoms with E-state index in [1.54, 1.807) is 11.3 Å². The second kappa shape index (κ2) is 10.7. The standard InChI is InChI=1S/C19H28N4S.HI/c1-6-20-19(22-15(3)18-8-7-11-24-18)21-13-16-9-10-17(23(4)5)12-14(16)2;/h7-12,15H,6,13H2,1-5H3,(H2,20,21,22);1H. The molecular formula is C19H29IN4S. The van der Waals surface area contributed by atoms with Gasteiger partial charge in [0, 0.05) is 31.2 Å². The van der Waals surface area contributed by atoms with Crippen LogP contribution in [0, 0.1) is 6.92 Å². The Morgan fingerprint density at radius 3 is 2.60 bits per heavy atom. The first-order chi connectivity index (χ1) is 11.5. The summed E-state index contributed by atoms with van der Waals surface area (Å²) in [5.41, 5.74) is 3.74. The predicted molar refractivity (Wildman–Crippen MR) is 122 cm³/mol. The van der Waals surface area contributed by atoms with Crippen molar-refractivity contribution in [1.82, 2.24) is 10.6 Å². The van der Waals surface area contributed by atoms with Crippen molar-refractivity contribution in [3.8, 4) is 0 Å². The van der Waals surface area contributed by atoms with Gasteiger partial charge >= 0.3 is 0 Å². The molecule has 1 atom stereocenters. The van der Waals surface area contributed by atoms with Gasteiger partial charge in [0.05, 0.1) is 12.6 Å². The predicted octanol–water partition coefficient (Wildman–Crippen LogP) is 4.56. The van der Waals surface area contributed by atoms with Crippen LogP contribution in [0.3, 0.4) is 0 Å². The van der Waals surface area contributed by atoms with Crippen molar-refractivity contribution in [2.24, 2.45) is 4.99 Å². The van der Waals surface area contributed by atoms with Crippen LogP contribution in [0.1, 0.15) is 35.9 Å². The molecule has 138 valence electrons. The van der Waals surface area contributed by atoms with Gasteiger partial charge in [-0.2, -0.15) is 0 Å². The van der Waals surface area contributed by atoms with Crippen LogP contribution in [0.25, 0.3) is 0 Å². The highest BCUT2D eigenvalue weighted by Crippen LogP contribution is 2.19. The average molecular weight is 472 g/mol. The van der Waals surface area contributed by atoms with Crippen molar-refractivity contribution < 1.29 is 0 Å². The Balaban J connectivity index is 0.00000312. The minimum absolute atomic E-state index is 0. The maximum atomic E-state index is 4.75. The fourth-order valence-electron chi connectivity index (χ4n) is 2.43. The van der Waals surface area contributed by atoms with Crippen LogP contribution in [0.4, 0.5) is 5.69 Å². The van der Waals surface area contributed by atoms with Crippen LogP contribution in [-0.2, 0) is 6.54 Å². The number of anilines is 1. The Morgan fingerprint density at radius 2 is 2.04 bits per heavy atom. The SMILES string of the molecule is CCNC(=NCc1ccc(N(C)C)cc1C)NC(C)c1cccs1.I. The van der Waals surface area contributed by atoms with Gasteiger partial charge < -0.3 is 15.5 Å². The van der Waals surface area contributed by atoms with E-state index >= 15 is 0 Å². The number of hydrogen-bond donors (Lipinski definition) is 2. The topological polar surface area (TPSA) is 39.7 Å². The highest BCUT2D eigenvalue weighted by atomic mass is 127. The first-order valence-corrected chi connectivity index (χ1v) is 9.24. The summed E-state index contributed by atoms with van der Waals surface area (Å²) in [7, 11) is 4.12. The summed E-state index contributed by atoms with van der Waals surface area (Å²) in [4.78, 5) is 8.19. The number of nitrogens with zero attached hydrogens (tertiary/aromatic N) is 2. The molecule has 0 spiro atoms. The van der Waals surface area contributed by atoms with E-state index in [2.05, 4.69) is 86.1 Å². The third-order valence-corrected chi connectivity index (χ3v) is 4.97. The lowest BCUT2D eigenvalue weighted by Crippen LogP contribution is -2.38. The first kappa shape index (κ1) is 21.8. The molecule has 0 aliphatic heterocycles. The molecule has 0 aliphatic rings. The maximum absolute atomic E-state index is 4.75. The van der Waals surface area contributed by atoms with E-state index in [1.807, 2.05) is 0 Å². The molecule has 0 fully saturated rings. The number of benzene rings is 1. The first-order valence-electron chi connectivity index (χ1n) is 8.36. The lowest BCUT2D eigenvalue weighted by atomic mass is 10.1. The number of aliphatic imine (C=N–C) groups is 1. The fourth-order valence-corrected chi connectivity index (χ4v) is 3.17. The Morgan fingerprint density at radius 1 is 1.28 bits per heavy atom. The van der Waals surface area contributed by atoms with E-state index in [1.165, 1.54) is 21.7 Å². The Labute approximate surface area is 172 Å². The molecule has 0 aliphatic carbocycles. The molecule has 1 heterocycles. The zero-order valence-electron chi connectivity index (χ0n) is 15.7. The molecule has 2 N–H and O–H groups in total. The highest BCUT2D eigenvalue weighted by molar-refractivity contribution is 14.0. The van der Waals surface area contributed by atoms with Gasteiger partial charge in [0.15, 0.2) is 5.96 Å². The molecular weight excluding hydrogens is 443 g/mol. The zero-order valence-corrected chi connectivity index (χ0v) is 18.8. The largest absolute Gasteiger partial charge is 0.378 e. The Bertz CT molecular complexity index is 668. The van der Waals surface area contributed by atoms with Gasteiger partial charge in [-0.3, -0.25) is 0 Å². The quantitative estimate of drug-likeness (QED) is 0.368. The summed E-state index contributed by atoms with van der Waals surface area (Å²) in [6.45, 7) is 7.92. The molecule has 0 radical (unpaired) electrons. The summed E-state index contributed by atoms with van der Waals surface area (Å²) >= 11 is 1.76. The molecule has 2 rings (SSSR count). The molecule has 1 aromatic carbocycles. The van der Waals surface area contributed by atoms with E-state index in [0.29, 0.717) is 6.54 Å². The van der Waals surface area contributed by atoms with Crippen molar-refractivity contribution in [1.29, 1.82) is 0 Å². The Kier molecular flexibility index (Phi) is 9.27. The summed E-state index contributed by atoms with van der Waals surface area (Å²) in [6.07, 6.45) is 0. The van der Waals surface area contributed by atoms with Gasteiger partial charge in [-0.1, -0.05) is 12.1 Å². The number of thiophene rings is 1. The number of nitrogens with one attached hydrogen (secondary N) is 2. The van der Waals surface area contributed by atoms with E-state index in [-0.39, 0.29) is 30.0 Å². The van der Waals surface area contributed by atoms with Crippen LogP contribution in [0.15, 0.2) is 40.7 Å². The van der Waals surface area contributed by atoms with Crippen molar-refractivity contribution in [2.75, 3.05) is 25.5 Å². The lowest BCUT2D eigenvalue weighted by Gasteiger charge is -2.17. The third-order valence-electron chi connectivity index (χ3n) is 3.92. The lowest BCUT2D eigenvalue weighted by molar-refractivity contribution is 0.697. The summed E-state index contributed by atoms with van der Waals surface area (Å²) in [6, 6.07) is 11.0. The summed E-state index contributed by atoms with van der Waals surface area (Å²) in [5, 5.41) is 8.92. The van der Waals surface area contributed by atoms with Gasteiger partial charge in [-0.15, -0.1) is 35.3 Å². The fraction of sp³-hybridized carbons (Fsp3) is 0.421. The summed E-state index contributed by atoms with van der Waals surface area (Å²) in [5.74, 6) is 0.856. The minimum atomic E-state index is 0. The van der Waals surface area contributed by atoms with Gasteiger partial charge in [-0.25, -0.2) is 4.99 Å². The van der Waals surface area contributed by atoms with E-state index in [9.17, 15) is 0 Å². The molecule has 1 aromatic heterocycles. The maximum Gasteiger partial charge on any atom is 0.192 e. The third kappa shape index (κ3) is 6.51. The average Bonchev–Trinajstić information content (AvgIpc) is 3.08. The van der Waals surface area contributed by atoms with Crippen LogP contribution in [0.2, 0.25) is 0 Å². The molecule has 0 bridgehead atoms. The summed E-state index contributed by atoms with van der Waals surface area (Å²) < 4.78 is 0. The number of halogens is 1. The molecule has 6 heteroatoms. The molecule has 2 aromatic rings. The van der Waals surface area contributed by atoms with Crippen LogP contribution < -0.4 is 15.5 Å². The second-order valence-corrected chi connectivity index (χ2v) is 7.06. The number of guanidine groups is 1. The van der Waals surface area contributed by atoms with Crippen molar-refractivity contribution >= 4 is 47.0 Å². The smallest absolute Gasteiger partial charge is 0.192 e. The van der Waals surface area contributed by atoms with Crippen LogP contribution in [-0.4, -0.2) is 26.6 Å². The van der Waals surface area contributed by atoms with Gasteiger partial charge in [0.25, 0.3) is 0 Å². The number of hydrogen-bond acceptors (Lipinski definition) is 3. The van der Waals surface area contributed by atoms with Crippen molar-refractivity contribution in [3.05, 3.63) is 51.7 Å². The monoisotopic (exact) mass is 472 g/mol. The van der Waals surface area contributed by atoms with E-state index in [4.69, 9.17) is 4.99 Å². The van der Waals surface area contributed by atoms with E-state index < -0.39 is 0 Å². The van der Waals surface area contributed by atoms with Gasteiger partial charge in [0.2, 0.25) is 0 Å². The number of rotatable bonds is 6. The zero-order chi connectivity index (χ0) is 17.5. The highest BCUT2D eigenvalue weighted by Gasteiger charge is 2.09. The normalized spacial score (nSPS) is 12.3. The molecule has 1 unspecified atom stereocenters. The van der Waals surface area contributed by atoms with Crippen LogP contribution in [0.5, 0.6) is 0 Å². The van der Waals surface area contributed by atoms with Crippen molar-refractivity contribution in [3.63, 3.8) is 0 Å². The molecule has 0 amide bonds. The molecule has 4 nitrogen and oxygen atoms in total. The second-order valence-electron chi connectivity index (χ2n) is 6.08.